The van der Waals surface area contributed by atoms with E-state index in [-0.39, 0.29) is 18.1 Å². The van der Waals surface area contributed by atoms with E-state index in [1.54, 1.807) is 0 Å². The highest BCUT2D eigenvalue weighted by molar-refractivity contribution is 5.80. The minimum atomic E-state index is -0.121. The molecule has 0 bridgehead atoms. The first-order valence-corrected chi connectivity index (χ1v) is 3.13. The Balaban J connectivity index is 3.20. The lowest BCUT2D eigenvalue weighted by molar-refractivity contribution is -0.119. The number of ketones is 1. The van der Waals surface area contributed by atoms with Crippen molar-refractivity contribution in [1.82, 2.24) is 5.32 Å². The van der Waals surface area contributed by atoms with Gasteiger partial charge in [0.2, 0.25) is 5.91 Å². The van der Waals surface area contributed by atoms with E-state index >= 15 is 0 Å². The lowest BCUT2D eigenvalue weighted by Crippen LogP contribution is -2.22. The van der Waals surface area contributed by atoms with Crippen molar-refractivity contribution in [1.29, 1.82) is 0 Å². The Morgan fingerprint density at radius 1 is 1.50 bits per heavy atom. The Morgan fingerprint density at radius 3 is 2.50 bits per heavy atom. The minimum Gasteiger partial charge on any atom is -0.356 e. The fourth-order valence-corrected chi connectivity index (χ4v) is 0.480. The van der Waals surface area contributed by atoms with Crippen LogP contribution in [0, 0.1) is 6.92 Å². The van der Waals surface area contributed by atoms with Gasteiger partial charge in [-0.1, -0.05) is 0 Å². The molecule has 0 spiro atoms. The molecule has 1 N–H and O–H groups in total. The second kappa shape index (κ2) is 4.97. The third-order valence-corrected chi connectivity index (χ3v) is 1.01. The summed E-state index contributed by atoms with van der Waals surface area (Å²) in [6, 6.07) is 0. The standard InChI is InChI=1S/C7H11NO2/c1-3-7(10)4-5-8-6(2)9/h1H,3-5H2,2H3,(H,8,9). The van der Waals surface area contributed by atoms with Crippen LogP contribution in [0.4, 0.5) is 0 Å². The predicted molar refractivity (Wildman–Crippen MR) is 37.2 cm³/mol. The van der Waals surface area contributed by atoms with Gasteiger partial charge in [0.05, 0.1) is 0 Å². The van der Waals surface area contributed by atoms with E-state index in [0.29, 0.717) is 13.0 Å². The van der Waals surface area contributed by atoms with E-state index in [4.69, 9.17) is 6.92 Å². The third-order valence-electron chi connectivity index (χ3n) is 1.01. The van der Waals surface area contributed by atoms with Gasteiger partial charge in [0.15, 0.2) is 0 Å². The minimum absolute atomic E-state index is 0.0336. The normalized spacial score (nSPS) is 9.00. The molecule has 0 aromatic heterocycles. The zero-order chi connectivity index (χ0) is 7.98. The molecule has 0 saturated heterocycles. The molecule has 0 unspecified atom stereocenters. The second-order valence-corrected chi connectivity index (χ2v) is 1.98. The van der Waals surface area contributed by atoms with Crippen LogP contribution < -0.4 is 5.32 Å². The van der Waals surface area contributed by atoms with Crippen LogP contribution >= 0.6 is 0 Å². The van der Waals surface area contributed by atoms with Gasteiger partial charge >= 0.3 is 0 Å². The van der Waals surface area contributed by atoms with Crippen LogP contribution in [0.1, 0.15) is 19.8 Å². The smallest absolute Gasteiger partial charge is 0.216 e. The van der Waals surface area contributed by atoms with Gasteiger partial charge in [0.25, 0.3) is 0 Å². The molecule has 0 aliphatic carbocycles. The van der Waals surface area contributed by atoms with Crippen LogP contribution in [0.5, 0.6) is 0 Å². The fourth-order valence-electron chi connectivity index (χ4n) is 0.480. The SMILES string of the molecule is [CH]CC(=O)CCNC(C)=O. The van der Waals surface area contributed by atoms with E-state index in [0.717, 1.165) is 0 Å². The van der Waals surface area contributed by atoms with Crippen LogP contribution in [-0.4, -0.2) is 18.2 Å². The Morgan fingerprint density at radius 2 is 2.10 bits per heavy atom. The number of rotatable bonds is 4. The highest BCUT2D eigenvalue weighted by atomic mass is 16.1. The molecule has 10 heavy (non-hydrogen) atoms. The monoisotopic (exact) mass is 141 g/mol. The van der Waals surface area contributed by atoms with Gasteiger partial charge in [-0.15, -0.1) is 0 Å². The summed E-state index contributed by atoms with van der Waals surface area (Å²) in [5.74, 6) is -0.154. The summed E-state index contributed by atoms with van der Waals surface area (Å²) in [5, 5.41) is 2.50. The molecule has 0 fully saturated rings. The molecule has 0 aromatic rings. The average molecular weight is 141 g/mol. The maximum absolute atomic E-state index is 10.5. The molecule has 0 atom stereocenters. The Labute approximate surface area is 60.8 Å². The van der Waals surface area contributed by atoms with Crippen molar-refractivity contribution in [2.75, 3.05) is 6.54 Å². The number of nitrogens with one attached hydrogen (secondary N) is 1. The summed E-state index contributed by atoms with van der Waals surface area (Å²) >= 11 is 0. The maximum Gasteiger partial charge on any atom is 0.216 e. The molecule has 3 nitrogen and oxygen atoms in total. The summed E-state index contributed by atoms with van der Waals surface area (Å²) in [5.41, 5.74) is 0. The quantitative estimate of drug-likeness (QED) is 0.607. The van der Waals surface area contributed by atoms with E-state index in [9.17, 15) is 9.59 Å². The Kier molecular flexibility index (Phi) is 4.54. The molecule has 3 heteroatoms. The predicted octanol–water partition coefficient (Wildman–Crippen LogP) is 0.183. The Hall–Kier alpha value is -0.860. The first kappa shape index (κ1) is 9.14. The Bertz CT molecular complexity index is 132. The molecule has 0 rings (SSSR count). The molecule has 56 valence electrons. The summed E-state index contributed by atoms with van der Waals surface area (Å²) in [4.78, 5) is 20.8. The molecule has 1 amide bonds. The number of hydrogen-bond donors (Lipinski definition) is 1. The molecule has 0 aromatic carbocycles. The average Bonchev–Trinajstić information content (AvgIpc) is 1.87. The number of amides is 1. The highest BCUT2D eigenvalue weighted by Crippen LogP contribution is 1.84. The molecule has 0 aliphatic rings. The van der Waals surface area contributed by atoms with E-state index in [2.05, 4.69) is 5.32 Å². The van der Waals surface area contributed by atoms with Crippen molar-refractivity contribution in [3.05, 3.63) is 6.92 Å². The lowest BCUT2D eigenvalue weighted by Gasteiger charge is -1.98. The van der Waals surface area contributed by atoms with Crippen molar-refractivity contribution in [3.63, 3.8) is 0 Å². The fraction of sp³-hybridized carbons (Fsp3) is 0.571. The van der Waals surface area contributed by atoms with E-state index in [1.165, 1.54) is 6.92 Å². The molecule has 0 heterocycles. The summed E-state index contributed by atoms with van der Waals surface area (Å²) < 4.78 is 0. The zero-order valence-electron chi connectivity index (χ0n) is 6.02. The summed E-state index contributed by atoms with van der Waals surface area (Å²) in [7, 11) is 0. The number of Topliss-reactive ketones (excluding diaryl/α,β-unsaturated/α-hetero) is 1. The van der Waals surface area contributed by atoms with Gasteiger partial charge in [-0.25, -0.2) is 0 Å². The summed E-state index contributed by atoms with van der Waals surface area (Å²) in [6.45, 7) is 6.83. The largest absolute Gasteiger partial charge is 0.356 e. The van der Waals surface area contributed by atoms with Gasteiger partial charge in [-0.2, -0.15) is 0 Å². The van der Waals surface area contributed by atoms with Crippen LogP contribution in [0.15, 0.2) is 0 Å². The lowest BCUT2D eigenvalue weighted by atomic mass is 10.2. The first-order chi connectivity index (χ1) is 4.66. The van der Waals surface area contributed by atoms with Crippen molar-refractivity contribution < 1.29 is 9.59 Å². The van der Waals surface area contributed by atoms with E-state index < -0.39 is 0 Å². The molecule has 0 saturated carbocycles. The van der Waals surface area contributed by atoms with Crippen molar-refractivity contribution in [2.24, 2.45) is 0 Å². The van der Waals surface area contributed by atoms with Gasteiger partial charge in [0.1, 0.15) is 5.78 Å². The number of carbonyl (C=O) groups excluding carboxylic acids is 2. The van der Waals surface area contributed by atoms with Crippen LogP contribution in [0.25, 0.3) is 0 Å². The second-order valence-electron chi connectivity index (χ2n) is 1.98. The molecule has 0 aliphatic heterocycles. The first-order valence-electron chi connectivity index (χ1n) is 3.13. The van der Waals surface area contributed by atoms with Gasteiger partial charge in [-0.05, 0) is 6.92 Å². The zero-order valence-corrected chi connectivity index (χ0v) is 6.02. The van der Waals surface area contributed by atoms with Crippen molar-refractivity contribution >= 4 is 11.7 Å². The topological polar surface area (TPSA) is 46.2 Å². The number of carbonyl (C=O) groups is 2. The summed E-state index contributed by atoms with van der Waals surface area (Å²) in [6.07, 6.45) is 0.385. The molecular formula is C7H11NO2. The number of hydrogen-bond acceptors (Lipinski definition) is 2. The van der Waals surface area contributed by atoms with Crippen LogP contribution in [0.2, 0.25) is 0 Å². The van der Waals surface area contributed by atoms with Gasteiger partial charge < -0.3 is 5.32 Å². The molecular weight excluding hydrogens is 130 g/mol. The van der Waals surface area contributed by atoms with Gasteiger partial charge in [-0.3, -0.25) is 9.59 Å². The van der Waals surface area contributed by atoms with E-state index in [1.807, 2.05) is 0 Å². The van der Waals surface area contributed by atoms with Crippen LogP contribution in [-0.2, 0) is 9.59 Å². The third kappa shape index (κ3) is 5.28. The van der Waals surface area contributed by atoms with Crippen LogP contribution in [0.3, 0.4) is 0 Å². The van der Waals surface area contributed by atoms with Gasteiger partial charge in [0, 0.05) is 26.3 Å². The molecule has 2 radical (unpaired) electrons. The maximum atomic E-state index is 10.5. The van der Waals surface area contributed by atoms with Crippen molar-refractivity contribution in [3.8, 4) is 0 Å². The van der Waals surface area contributed by atoms with Crippen molar-refractivity contribution in [2.45, 2.75) is 19.8 Å². The highest BCUT2D eigenvalue weighted by Gasteiger charge is 1.97.